The standard InChI is InChI=1S/C18H17FN4/c1-13-12-17(21-15-10-8-14(19)9-11-15)22-18(20-13)23(2)16-6-4-3-5-7-16/h3-12H,1-2H3,(H,20,21,22). The zero-order valence-electron chi connectivity index (χ0n) is 13.0. The number of hydrogen-bond donors (Lipinski definition) is 1. The van der Waals surface area contributed by atoms with Crippen molar-refractivity contribution in [3.05, 3.63) is 72.2 Å². The van der Waals surface area contributed by atoms with Gasteiger partial charge in [0.1, 0.15) is 11.6 Å². The van der Waals surface area contributed by atoms with Crippen LogP contribution in [0.3, 0.4) is 0 Å². The van der Waals surface area contributed by atoms with E-state index < -0.39 is 0 Å². The van der Waals surface area contributed by atoms with Crippen LogP contribution in [0.2, 0.25) is 0 Å². The lowest BCUT2D eigenvalue weighted by atomic mass is 10.3. The number of benzene rings is 2. The lowest BCUT2D eigenvalue weighted by molar-refractivity contribution is 0.628. The van der Waals surface area contributed by atoms with E-state index in [1.54, 1.807) is 12.1 Å². The molecule has 116 valence electrons. The molecule has 1 N–H and O–H groups in total. The zero-order valence-corrected chi connectivity index (χ0v) is 13.0. The van der Waals surface area contributed by atoms with Crippen molar-refractivity contribution in [1.29, 1.82) is 0 Å². The molecule has 0 unspecified atom stereocenters. The smallest absolute Gasteiger partial charge is 0.231 e. The number of halogens is 1. The molecular weight excluding hydrogens is 291 g/mol. The lowest BCUT2D eigenvalue weighted by Gasteiger charge is -2.18. The summed E-state index contributed by atoms with van der Waals surface area (Å²) in [6.07, 6.45) is 0. The Morgan fingerprint density at radius 2 is 1.65 bits per heavy atom. The molecule has 1 heterocycles. The van der Waals surface area contributed by atoms with Gasteiger partial charge in [0.2, 0.25) is 5.95 Å². The van der Waals surface area contributed by atoms with Crippen molar-refractivity contribution in [2.24, 2.45) is 0 Å². The van der Waals surface area contributed by atoms with Crippen LogP contribution in [-0.2, 0) is 0 Å². The molecule has 0 amide bonds. The summed E-state index contributed by atoms with van der Waals surface area (Å²) in [6, 6.07) is 17.9. The summed E-state index contributed by atoms with van der Waals surface area (Å²) in [6.45, 7) is 1.92. The molecule has 3 rings (SSSR count). The van der Waals surface area contributed by atoms with E-state index in [4.69, 9.17) is 0 Å². The molecule has 0 aliphatic heterocycles. The topological polar surface area (TPSA) is 41.1 Å². The van der Waals surface area contributed by atoms with E-state index >= 15 is 0 Å². The molecule has 0 spiro atoms. The molecule has 0 aliphatic carbocycles. The maximum Gasteiger partial charge on any atom is 0.231 e. The van der Waals surface area contributed by atoms with Gasteiger partial charge in [0.05, 0.1) is 0 Å². The van der Waals surface area contributed by atoms with Crippen LogP contribution in [0.15, 0.2) is 60.7 Å². The summed E-state index contributed by atoms with van der Waals surface area (Å²) in [4.78, 5) is 10.9. The van der Waals surface area contributed by atoms with E-state index in [-0.39, 0.29) is 5.82 Å². The Hall–Kier alpha value is -2.95. The first-order valence-corrected chi connectivity index (χ1v) is 7.29. The normalized spacial score (nSPS) is 10.4. The molecule has 4 nitrogen and oxygen atoms in total. The molecule has 0 saturated heterocycles. The summed E-state index contributed by atoms with van der Waals surface area (Å²) in [5.41, 5.74) is 2.63. The van der Waals surface area contributed by atoms with Crippen molar-refractivity contribution in [2.45, 2.75) is 6.92 Å². The number of aromatic nitrogens is 2. The summed E-state index contributed by atoms with van der Waals surface area (Å²) in [5, 5.41) is 3.17. The third-order valence-electron chi connectivity index (χ3n) is 3.40. The molecule has 1 aromatic heterocycles. The monoisotopic (exact) mass is 308 g/mol. The molecule has 3 aromatic rings. The first-order chi connectivity index (χ1) is 11.1. The quantitative estimate of drug-likeness (QED) is 0.774. The Balaban J connectivity index is 1.88. The van der Waals surface area contributed by atoms with Crippen LogP contribution >= 0.6 is 0 Å². The Morgan fingerprint density at radius 1 is 0.957 bits per heavy atom. The van der Waals surface area contributed by atoms with E-state index in [2.05, 4.69) is 15.3 Å². The predicted molar refractivity (Wildman–Crippen MR) is 91.0 cm³/mol. The fourth-order valence-electron chi connectivity index (χ4n) is 2.22. The Kier molecular flexibility index (Phi) is 4.19. The van der Waals surface area contributed by atoms with Gasteiger partial charge < -0.3 is 10.2 Å². The van der Waals surface area contributed by atoms with Crippen LogP contribution in [-0.4, -0.2) is 17.0 Å². The minimum atomic E-state index is -0.265. The summed E-state index contributed by atoms with van der Waals surface area (Å²) < 4.78 is 13.0. The van der Waals surface area contributed by atoms with Gasteiger partial charge in [-0.25, -0.2) is 9.37 Å². The molecule has 0 radical (unpaired) electrons. The summed E-state index contributed by atoms with van der Waals surface area (Å²) in [7, 11) is 1.92. The highest BCUT2D eigenvalue weighted by Gasteiger charge is 2.09. The molecule has 0 atom stereocenters. The molecule has 2 aromatic carbocycles. The SMILES string of the molecule is Cc1cc(Nc2ccc(F)cc2)nc(N(C)c2ccccc2)n1. The third kappa shape index (κ3) is 3.63. The molecule has 5 heteroatoms. The first kappa shape index (κ1) is 15.0. The summed E-state index contributed by atoms with van der Waals surface area (Å²) in [5.74, 6) is 1.00. The van der Waals surface area contributed by atoms with Gasteiger partial charge in [-0.2, -0.15) is 4.98 Å². The highest BCUT2D eigenvalue weighted by molar-refractivity contribution is 5.61. The minimum Gasteiger partial charge on any atom is -0.340 e. The summed E-state index contributed by atoms with van der Waals surface area (Å²) >= 11 is 0. The number of nitrogens with zero attached hydrogens (tertiary/aromatic N) is 3. The number of anilines is 4. The van der Waals surface area contributed by atoms with Crippen LogP contribution in [0.5, 0.6) is 0 Å². The highest BCUT2D eigenvalue weighted by Crippen LogP contribution is 2.23. The molecule has 0 aliphatic rings. The number of aryl methyl sites for hydroxylation is 1. The number of nitrogens with one attached hydrogen (secondary N) is 1. The predicted octanol–water partition coefficient (Wildman–Crippen LogP) is 4.44. The highest BCUT2D eigenvalue weighted by atomic mass is 19.1. The van der Waals surface area contributed by atoms with Gasteiger partial charge in [-0.3, -0.25) is 0 Å². The van der Waals surface area contributed by atoms with Crippen molar-refractivity contribution in [2.75, 3.05) is 17.3 Å². The average molecular weight is 308 g/mol. The number of para-hydroxylation sites is 1. The number of rotatable bonds is 4. The first-order valence-electron chi connectivity index (χ1n) is 7.29. The van der Waals surface area contributed by atoms with Crippen molar-refractivity contribution in [3.8, 4) is 0 Å². The fraction of sp³-hybridized carbons (Fsp3) is 0.111. The van der Waals surface area contributed by atoms with Crippen molar-refractivity contribution in [1.82, 2.24) is 9.97 Å². The van der Waals surface area contributed by atoms with E-state index in [0.29, 0.717) is 11.8 Å². The van der Waals surface area contributed by atoms with Gasteiger partial charge in [-0.15, -0.1) is 0 Å². The second-order valence-corrected chi connectivity index (χ2v) is 5.22. The lowest BCUT2D eigenvalue weighted by Crippen LogP contribution is -2.14. The minimum absolute atomic E-state index is 0.265. The van der Waals surface area contributed by atoms with E-state index in [9.17, 15) is 4.39 Å². The number of hydrogen-bond acceptors (Lipinski definition) is 4. The molecule has 0 saturated carbocycles. The molecular formula is C18H17FN4. The Labute approximate surface area is 134 Å². The van der Waals surface area contributed by atoms with Crippen molar-refractivity contribution < 1.29 is 4.39 Å². The molecule has 23 heavy (non-hydrogen) atoms. The third-order valence-corrected chi connectivity index (χ3v) is 3.40. The van der Waals surface area contributed by atoms with Crippen LogP contribution in [0, 0.1) is 12.7 Å². The van der Waals surface area contributed by atoms with Gasteiger partial charge in [0, 0.05) is 30.2 Å². The second-order valence-electron chi connectivity index (χ2n) is 5.22. The average Bonchev–Trinajstić information content (AvgIpc) is 2.56. The maximum atomic E-state index is 13.0. The fourth-order valence-corrected chi connectivity index (χ4v) is 2.22. The van der Waals surface area contributed by atoms with Gasteiger partial charge in [0.15, 0.2) is 0 Å². The van der Waals surface area contributed by atoms with Crippen molar-refractivity contribution in [3.63, 3.8) is 0 Å². The van der Waals surface area contributed by atoms with Gasteiger partial charge in [-0.05, 0) is 43.3 Å². The van der Waals surface area contributed by atoms with Gasteiger partial charge >= 0.3 is 0 Å². The van der Waals surface area contributed by atoms with E-state index in [1.165, 1.54) is 12.1 Å². The second kappa shape index (κ2) is 6.44. The largest absolute Gasteiger partial charge is 0.340 e. The van der Waals surface area contributed by atoms with E-state index in [0.717, 1.165) is 17.1 Å². The van der Waals surface area contributed by atoms with E-state index in [1.807, 2.05) is 55.3 Å². The van der Waals surface area contributed by atoms with Gasteiger partial charge in [-0.1, -0.05) is 18.2 Å². The van der Waals surface area contributed by atoms with Crippen molar-refractivity contribution >= 4 is 23.1 Å². The Morgan fingerprint density at radius 3 is 2.35 bits per heavy atom. The zero-order chi connectivity index (χ0) is 16.2. The molecule has 0 bridgehead atoms. The van der Waals surface area contributed by atoms with Crippen LogP contribution in [0.1, 0.15) is 5.69 Å². The maximum absolute atomic E-state index is 13.0. The van der Waals surface area contributed by atoms with Crippen LogP contribution in [0.25, 0.3) is 0 Å². The Bertz CT molecular complexity index is 788. The van der Waals surface area contributed by atoms with Gasteiger partial charge in [0.25, 0.3) is 0 Å². The molecule has 0 fully saturated rings. The van der Waals surface area contributed by atoms with Crippen LogP contribution < -0.4 is 10.2 Å². The van der Waals surface area contributed by atoms with Crippen LogP contribution in [0.4, 0.5) is 27.5 Å².